The van der Waals surface area contributed by atoms with E-state index >= 15 is 0 Å². The molecule has 1 atom stereocenters. The molecule has 2 aromatic heterocycles. The van der Waals surface area contributed by atoms with Crippen LogP contribution in [0.4, 0.5) is 0 Å². The third-order valence-electron chi connectivity index (χ3n) is 2.91. The molecule has 0 unspecified atom stereocenters. The van der Waals surface area contributed by atoms with Crippen molar-refractivity contribution in [3.8, 4) is 0 Å². The molecular weight excluding hydrogens is 254 g/mol. The second kappa shape index (κ2) is 5.21. The van der Waals surface area contributed by atoms with E-state index < -0.39 is 0 Å². The van der Waals surface area contributed by atoms with Crippen LogP contribution < -0.4 is 4.72 Å². The second-order valence-electron chi connectivity index (χ2n) is 3.94. The first-order valence-electron chi connectivity index (χ1n) is 5.47. The van der Waals surface area contributed by atoms with E-state index in [-0.39, 0.29) is 6.04 Å². The first-order chi connectivity index (χ1) is 8.17. The maximum Gasteiger partial charge on any atom is 0.129 e. The van der Waals surface area contributed by atoms with Crippen molar-refractivity contribution < 1.29 is 0 Å². The number of hydrogen-bond acceptors (Lipinski definition) is 4. The summed E-state index contributed by atoms with van der Waals surface area (Å²) >= 11 is 10.1. The number of aromatic nitrogens is 2. The summed E-state index contributed by atoms with van der Waals surface area (Å²) < 4.78 is 2.99. The van der Waals surface area contributed by atoms with E-state index in [1.54, 1.807) is 6.20 Å². The number of pyridine rings is 2. The highest BCUT2D eigenvalue weighted by Gasteiger charge is 2.13. The van der Waals surface area contributed by atoms with Gasteiger partial charge in [0.15, 0.2) is 0 Å². The number of fused-ring (bicyclic) bond motifs is 1. The van der Waals surface area contributed by atoms with Crippen LogP contribution in [0.5, 0.6) is 0 Å². The van der Waals surface area contributed by atoms with Crippen LogP contribution in [0.2, 0.25) is 5.15 Å². The lowest BCUT2D eigenvalue weighted by molar-refractivity contribution is 0.657. The molecule has 17 heavy (non-hydrogen) atoms. The Morgan fingerprint density at radius 3 is 2.76 bits per heavy atom. The Balaban J connectivity index is 2.71. The molecule has 0 aliphatic carbocycles. The van der Waals surface area contributed by atoms with E-state index in [9.17, 15) is 0 Å². The lowest BCUT2D eigenvalue weighted by Crippen LogP contribution is -2.11. The van der Waals surface area contributed by atoms with Crippen molar-refractivity contribution in [1.29, 1.82) is 0 Å². The van der Waals surface area contributed by atoms with Crippen LogP contribution in [0.1, 0.15) is 30.6 Å². The van der Waals surface area contributed by atoms with Crippen molar-refractivity contribution in [2.75, 3.05) is 0 Å². The average Bonchev–Trinajstić information content (AvgIpc) is 2.33. The van der Waals surface area contributed by atoms with E-state index in [0.717, 1.165) is 28.5 Å². The number of hydrogen-bond donors (Lipinski definition) is 2. The van der Waals surface area contributed by atoms with Gasteiger partial charge in [0, 0.05) is 29.5 Å². The highest BCUT2D eigenvalue weighted by molar-refractivity contribution is 7.78. The van der Waals surface area contributed by atoms with Gasteiger partial charge in [0.25, 0.3) is 0 Å². The van der Waals surface area contributed by atoms with Gasteiger partial charge in [-0.3, -0.25) is 9.71 Å². The lowest BCUT2D eigenvalue weighted by Gasteiger charge is -2.16. The van der Waals surface area contributed by atoms with E-state index in [1.807, 2.05) is 19.2 Å². The van der Waals surface area contributed by atoms with Crippen LogP contribution in [-0.2, 0) is 0 Å². The van der Waals surface area contributed by atoms with Gasteiger partial charge in [-0.2, -0.15) is 0 Å². The molecule has 3 nitrogen and oxygen atoms in total. The molecule has 90 valence electrons. The van der Waals surface area contributed by atoms with Crippen LogP contribution in [0.3, 0.4) is 0 Å². The molecule has 2 rings (SSSR count). The van der Waals surface area contributed by atoms with Gasteiger partial charge in [0.2, 0.25) is 0 Å². The summed E-state index contributed by atoms with van der Waals surface area (Å²) in [6, 6.07) is 2.04. The molecule has 0 aliphatic heterocycles. The van der Waals surface area contributed by atoms with E-state index in [1.165, 1.54) is 0 Å². The van der Waals surface area contributed by atoms with Crippen LogP contribution >= 0.6 is 24.4 Å². The topological polar surface area (TPSA) is 37.8 Å². The quantitative estimate of drug-likeness (QED) is 0.661. The monoisotopic (exact) mass is 267 g/mol. The lowest BCUT2D eigenvalue weighted by atomic mass is 10.0. The minimum Gasteiger partial charge on any atom is -0.261 e. The largest absolute Gasteiger partial charge is 0.261 e. The van der Waals surface area contributed by atoms with Gasteiger partial charge in [0.05, 0.1) is 0 Å². The van der Waals surface area contributed by atoms with E-state index in [0.29, 0.717) is 5.15 Å². The Hall–Kier alpha value is -0.840. The molecule has 0 aromatic carbocycles. The van der Waals surface area contributed by atoms with Crippen molar-refractivity contribution in [2.45, 2.75) is 26.3 Å². The fourth-order valence-corrected chi connectivity index (χ4v) is 2.40. The molecule has 0 saturated carbocycles. The Morgan fingerprint density at radius 2 is 2.12 bits per heavy atom. The van der Waals surface area contributed by atoms with Gasteiger partial charge in [-0.15, -0.1) is 0 Å². The van der Waals surface area contributed by atoms with E-state index in [4.69, 9.17) is 11.6 Å². The molecule has 2 aromatic rings. The smallest absolute Gasteiger partial charge is 0.129 e. The summed E-state index contributed by atoms with van der Waals surface area (Å²) in [6.45, 7) is 4.07. The zero-order valence-corrected chi connectivity index (χ0v) is 11.4. The summed E-state index contributed by atoms with van der Waals surface area (Å²) in [7, 11) is 0. The predicted molar refractivity (Wildman–Crippen MR) is 74.4 cm³/mol. The van der Waals surface area contributed by atoms with Crippen molar-refractivity contribution in [3.63, 3.8) is 0 Å². The second-order valence-corrected chi connectivity index (χ2v) is 4.59. The minimum atomic E-state index is 0.160. The molecule has 0 spiro atoms. The molecule has 0 aliphatic rings. The van der Waals surface area contributed by atoms with E-state index in [2.05, 4.69) is 34.4 Å². The number of thiol groups is 1. The van der Waals surface area contributed by atoms with Crippen LogP contribution in [-0.4, -0.2) is 9.97 Å². The number of aryl methyl sites for hydroxylation is 1. The molecule has 5 heteroatoms. The maximum absolute atomic E-state index is 5.96. The van der Waals surface area contributed by atoms with Gasteiger partial charge in [-0.05, 0) is 30.4 Å². The zero-order chi connectivity index (χ0) is 12.4. The van der Waals surface area contributed by atoms with Gasteiger partial charge in [0.1, 0.15) is 5.15 Å². The van der Waals surface area contributed by atoms with Crippen molar-refractivity contribution in [3.05, 3.63) is 34.9 Å². The molecule has 0 fully saturated rings. The van der Waals surface area contributed by atoms with Crippen LogP contribution in [0.15, 0.2) is 18.5 Å². The molecule has 0 bridgehead atoms. The normalized spacial score (nSPS) is 12.9. The molecule has 2 heterocycles. The number of nitrogens with one attached hydrogen (secondary N) is 1. The van der Waals surface area contributed by atoms with Gasteiger partial charge in [-0.25, -0.2) is 4.98 Å². The summed E-state index contributed by atoms with van der Waals surface area (Å²) in [4.78, 5) is 8.50. The highest BCUT2D eigenvalue weighted by Crippen LogP contribution is 2.28. The van der Waals surface area contributed by atoms with Crippen LogP contribution in [0.25, 0.3) is 10.8 Å². The summed E-state index contributed by atoms with van der Waals surface area (Å²) in [5.74, 6) is 0. The zero-order valence-electron chi connectivity index (χ0n) is 9.74. The first kappa shape index (κ1) is 12.6. The summed E-state index contributed by atoms with van der Waals surface area (Å²) in [5, 5.41) is 2.62. The Kier molecular flexibility index (Phi) is 3.86. The van der Waals surface area contributed by atoms with Crippen molar-refractivity contribution in [1.82, 2.24) is 14.7 Å². The third-order valence-corrected chi connectivity index (χ3v) is 3.43. The maximum atomic E-state index is 5.96. The number of rotatable bonds is 3. The van der Waals surface area contributed by atoms with Crippen LogP contribution in [0, 0.1) is 6.92 Å². The van der Waals surface area contributed by atoms with Gasteiger partial charge in [-0.1, -0.05) is 31.3 Å². The summed E-state index contributed by atoms with van der Waals surface area (Å²) in [5.41, 5.74) is 2.06. The van der Waals surface area contributed by atoms with Gasteiger partial charge < -0.3 is 0 Å². The predicted octanol–water partition coefficient (Wildman–Crippen LogP) is 3.48. The molecular formula is C12H14ClN3S. The SMILES string of the molecule is CC[C@@H](NS)c1cnc(C)c2cnc(Cl)cc12. The number of nitrogens with zero attached hydrogens (tertiary/aromatic N) is 2. The Labute approximate surface area is 111 Å². The minimum absolute atomic E-state index is 0.160. The summed E-state index contributed by atoms with van der Waals surface area (Å²) in [6.07, 6.45) is 4.59. The first-order valence-corrected chi connectivity index (χ1v) is 6.30. The average molecular weight is 268 g/mol. The molecule has 1 N–H and O–H groups in total. The fourth-order valence-electron chi connectivity index (χ4n) is 1.92. The van der Waals surface area contributed by atoms with Crippen molar-refractivity contribution >= 4 is 35.2 Å². The molecule has 0 radical (unpaired) electrons. The molecule has 0 saturated heterocycles. The van der Waals surface area contributed by atoms with Gasteiger partial charge >= 0.3 is 0 Å². The Morgan fingerprint density at radius 1 is 1.35 bits per heavy atom. The van der Waals surface area contributed by atoms with Crippen molar-refractivity contribution in [2.24, 2.45) is 0 Å². The highest BCUT2D eigenvalue weighted by atomic mass is 35.5. The molecule has 0 amide bonds. The standard InChI is InChI=1S/C12H14ClN3S/c1-3-11(16-17)10-6-14-7(2)9-5-15-12(13)4-8(9)10/h4-6,11,16-17H,3H2,1-2H3/t11-/m1/s1. The number of halogens is 1. The fraction of sp³-hybridized carbons (Fsp3) is 0.333. The third kappa shape index (κ3) is 2.39. The Bertz CT molecular complexity index is 541.